The van der Waals surface area contributed by atoms with Crippen LogP contribution in [-0.2, 0) is 6.42 Å². The maximum atomic E-state index is 9.60. The quantitative estimate of drug-likeness (QED) is 0.707. The van der Waals surface area contributed by atoms with Crippen LogP contribution in [0.2, 0.25) is 0 Å². The predicted molar refractivity (Wildman–Crippen MR) is 65.3 cm³/mol. The second-order valence-corrected chi connectivity index (χ2v) is 4.24. The largest absolute Gasteiger partial charge is 0.393 e. The Morgan fingerprint density at radius 3 is 2.40 bits per heavy atom. The molecule has 0 aliphatic heterocycles. The van der Waals surface area contributed by atoms with E-state index >= 15 is 0 Å². The Labute approximate surface area is 97.1 Å². The van der Waals surface area contributed by atoms with Crippen molar-refractivity contribution in [1.29, 1.82) is 0 Å². The summed E-state index contributed by atoms with van der Waals surface area (Å²) in [5.74, 6) is 0.649. The number of alkyl halides is 1. The number of benzene rings is 1. The van der Waals surface area contributed by atoms with Crippen LogP contribution in [0, 0.1) is 0 Å². The molecule has 1 rings (SSSR count). The Bertz CT molecular complexity index is 248. The van der Waals surface area contributed by atoms with Crippen molar-refractivity contribution >= 4 is 11.6 Å². The van der Waals surface area contributed by atoms with Gasteiger partial charge in [-0.3, -0.25) is 0 Å². The normalized spacial score (nSPS) is 12.7. The van der Waals surface area contributed by atoms with E-state index in [4.69, 9.17) is 11.6 Å². The molecule has 0 spiro atoms. The fraction of sp³-hybridized carbons (Fsp3) is 0.538. The first kappa shape index (κ1) is 12.5. The molecule has 0 heterocycles. The lowest BCUT2D eigenvalue weighted by Gasteiger charge is -2.08. The van der Waals surface area contributed by atoms with Crippen LogP contribution >= 0.6 is 11.6 Å². The summed E-state index contributed by atoms with van der Waals surface area (Å²) in [7, 11) is 0. The van der Waals surface area contributed by atoms with Gasteiger partial charge in [-0.15, -0.1) is 11.6 Å². The molecule has 0 saturated carbocycles. The molecule has 15 heavy (non-hydrogen) atoms. The van der Waals surface area contributed by atoms with Gasteiger partial charge in [0.2, 0.25) is 0 Å². The molecule has 0 aliphatic carbocycles. The van der Waals surface area contributed by atoms with Gasteiger partial charge in [-0.25, -0.2) is 0 Å². The van der Waals surface area contributed by atoms with Crippen molar-refractivity contribution in [2.24, 2.45) is 0 Å². The minimum atomic E-state index is -0.174. The monoisotopic (exact) mass is 226 g/mol. The van der Waals surface area contributed by atoms with Gasteiger partial charge in [-0.05, 0) is 37.7 Å². The number of hydrogen-bond donors (Lipinski definition) is 1. The highest BCUT2D eigenvalue weighted by Gasteiger charge is 2.03. The Hall–Kier alpha value is -0.530. The van der Waals surface area contributed by atoms with Crippen LogP contribution < -0.4 is 0 Å². The fourth-order valence-corrected chi connectivity index (χ4v) is 1.80. The highest BCUT2D eigenvalue weighted by Crippen LogP contribution is 2.09. The van der Waals surface area contributed by atoms with Gasteiger partial charge in [0.05, 0.1) is 6.10 Å². The summed E-state index contributed by atoms with van der Waals surface area (Å²) in [5, 5.41) is 9.60. The third kappa shape index (κ3) is 5.81. The van der Waals surface area contributed by atoms with E-state index in [0.29, 0.717) is 5.88 Å². The van der Waals surface area contributed by atoms with Crippen LogP contribution in [0.25, 0.3) is 0 Å². The van der Waals surface area contributed by atoms with Gasteiger partial charge in [0.25, 0.3) is 0 Å². The first-order valence-electron chi connectivity index (χ1n) is 5.61. The average molecular weight is 227 g/mol. The topological polar surface area (TPSA) is 20.2 Å². The maximum Gasteiger partial charge on any atom is 0.0540 e. The Morgan fingerprint density at radius 1 is 1.07 bits per heavy atom. The molecular formula is C13H19ClO. The van der Waals surface area contributed by atoms with Crippen LogP contribution in [0.5, 0.6) is 0 Å². The predicted octanol–water partition coefficient (Wildman–Crippen LogP) is 3.39. The third-order valence-corrected chi connectivity index (χ3v) is 2.78. The second-order valence-electron chi connectivity index (χ2n) is 3.86. The zero-order valence-corrected chi connectivity index (χ0v) is 9.79. The van der Waals surface area contributed by atoms with Gasteiger partial charge in [0.15, 0.2) is 0 Å². The Kier molecular flexibility index (Phi) is 6.45. The van der Waals surface area contributed by atoms with E-state index in [0.717, 1.165) is 32.1 Å². The van der Waals surface area contributed by atoms with E-state index < -0.39 is 0 Å². The van der Waals surface area contributed by atoms with E-state index in [1.165, 1.54) is 5.56 Å². The number of rotatable bonds is 7. The first-order valence-corrected chi connectivity index (χ1v) is 6.14. The molecule has 1 unspecified atom stereocenters. The molecule has 1 aromatic carbocycles. The summed E-state index contributed by atoms with van der Waals surface area (Å²) < 4.78 is 0. The van der Waals surface area contributed by atoms with Crippen LogP contribution in [0.1, 0.15) is 31.2 Å². The van der Waals surface area contributed by atoms with Crippen molar-refractivity contribution < 1.29 is 5.11 Å². The number of aryl methyl sites for hydroxylation is 1. The highest BCUT2D eigenvalue weighted by molar-refractivity contribution is 6.17. The molecule has 0 aliphatic rings. The van der Waals surface area contributed by atoms with Crippen LogP contribution in [-0.4, -0.2) is 17.1 Å². The molecule has 0 fully saturated rings. The molecular weight excluding hydrogens is 208 g/mol. The third-order valence-electron chi connectivity index (χ3n) is 2.52. The standard InChI is InChI=1S/C13H19ClO/c14-11-5-10-13(15)9-4-8-12-6-2-1-3-7-12/h1-3,6-7,13,15H,4-5,8-11H2. The lowest BCUT2D eigenvalue weighted by molar-refractivity contribution is 0.151. The molecule has 0 saturated heterocycles. The van der Waals surface area contributed by atoms with Crippen molar-refractivity contribution in [3.63, 3.8) is 0 Å². The van der Waals surface area contributed by atoms with E-state index in [-0.39, 0.29) is 6.10 Å². The molecule has 0 amide bonds. The summed E-state index contributed by atoms with van der Waals surface area (Å²) >= 11 is 5.56. The van der Waals surface area contributed by atoms with Gasteiger partial charge in [0.1, 0.15) is 0 Å². The lowest BCUT2D eigenvalue weighted by atomic mass is 10.0. The molecule has 84 valence electrons. The lowest BCUT2D eigenvalue weighted by Crippen LogP contribution is -2.06. The average Bonchev–Trinajstić information content (AvgIpc) is 2.28. The van der Waals surface area contributed by atoms with E-state index in [1.54, 1.807) is 0 Å². The van der Waals surface area contributed by atoms with Crippen LogP contribution in [0.15, 0.2) is 30.3 Å². The fourth-order valence-electron chi connectivity index (χ4n) is 1.64. The molecule has 0 bridgehead atoms. The summed E-state index contributed by atoms with van der Waals surface area (Å²) in [6.45, 7) is 0. The molecule has 1 N–H and O–H groups in total. The van der Waals surface area contributed by atoms with Gasteiger partial charge in [-0.1, -0.05) is 30.3 Å². The second kappa shape index (κ2) is 7.72. The minimum absolute atomic E-state index is 0.174. The molecule has 0 aromatic heterocycles. The SMILES string of the molecule is OC(CCCCl)CCCc1ccccc1. The van der Waals surface area contributed by atoms with Gasteiger partial charge >= 0.3 is 0 Å². The van der Waals surface area contributed by atoms with Crippen molar-refractivity contribution in [3.8, 4) is 0 Å². The number of aliphatic hydroxyl groups excluding tert-OH is 1. The van der Waals surface area contributed by atoms with Crippen molar-refractivity contribution in [3.05, 3.63) is 35.9 Å². The summed E-state index contributed by atoms with van der Waals surface area (Å²) in [6.07, 6.45) is 4.55. The zero-order chi connectivity index (χ0) is 10.9. The molecule has 2 heteroatoms. The Balaban J connectivity index is 2.11. The summed E-state index contributed by atoms with van der Waals surface area (Å²) in [6, 6.07) is 10.4. The van der Waals surface area contributed by atoms with Crippen molar-refractivity contribution in [2.75, 3.05) is 5.88 Å². The van der Waals surface area contributed by atoms with Crippen molar-refractivity contribution in [2.45, 2.75) is 38.2 Å². The van der Waals surface area contributed by atoms with Crippen LogP contribution in [0.4, 0.5) is 0 Å². The molecule has 1 nitrogen and oxygen atoms in total. The van der Waals surface area contributed by atoms with E-state index in [1.807, 2.05) is 6.07 Å². The van der Waals surface area contributed by atoms with Crippen molar-refractivity contribution in [1.82, 2.24) is 0 Å². The zero-order valence-electron chi connectivity index (χ0n) is 9.03. The van der Waals surface area contributed by atoms with Gasteiger partial charge < -0.3 is 5.11 Å². The smallest absolute Gasteiger partial charge is 0.0540 e. The Morgan fingerprint density at radius 2 is 1.73 bits per heavy atom. The van der Waals surface area contributed by atoms with E-state index in [2.05, 4.69) is 24.3 Å². The summed E-state index contributed by atoms with van der Waals surface area (Å²) in [4.78, 5) is 0. The molecule has 1 aromatic rings. The highest BCUT2D eigenvalue weighted by atomic mass is 35.5. The number of aliphatic hydroxyl groups is 1. The molecule has 1 atom stereocenters. The van der Waals surface area contributed by atoms with Gasteiger partial charge in [0, 0.05) is 5.88 Å². The van der Waals surface area contributed by atoms with E-state index in [9.17, 15) is 5.11 Å². The number of hydrogen-bond acceptors (Lipinski definition) is 1. The minimum Gasteiger partial charge on any atom is -0.393 e. The first-order chi connectivity index (χ1) is 7.33. The summed E-state index contributed by atoms with van der Waals surface area (Å²) in [5.41, 5.74) is 1.35. The van der Waals surface area contributed by atoms with Crippen LogP contribution in [0.3, 0.4) is 0 Å². The maximum absolute atomic E-state index is 9.60. The van der Waals surface area contributed by atoms with Gasteiger partial charge in [-0.2, -0.15) is 0 Å². The molecule has 0 radical (unpaired) electrons. The number of halogens is 1.